The molecule has 0 unspecified atom stereocenters. The molecule has 2 aromatic carbocycles. The quantitative estimate of drug-likeness (QED) is 0.911. The van der Waals surface area contributed by atoms with Crippen LogP contribution in [-0.4, -0.2) is 12.2 Å². The van der Waals surface area contributed by atoms with Crippen LogP contribution in [0.5, 0.6) is 11.5 Å². The second kappa shape index (κ2) is 6.39. The smallest absolute Gasteiger partial charge is 0.129 e. The number of aryl methyl sites for hydroxylation is 1. The first kappa shape index (κ1) is 14.3. The second-order valence-corrected chi connectivity index (χ2v) is 4.49. The molecule has 0 amide bonds. The van der Waals surface area contributed by atoms with Gasteiger partial charge >= 0.3 is 0 Å². The fourth-order valence-electron chi connectivity index (χ4n) is 1.90. The van der Waals surface area contributed by atoms with Gasteiger partial charge in [0, 0.05) is 11.6 Å². The molecule has 0 aliphatic carbocycles. The van der Waals surface area contributed by atoms with E-state index in [4.69, 9.17) is 9.47 Å². The van der Waals surface area contributed by atoms with Crippen LogP contribution >= 0.6 is 0 Å². The van der Waals surface area contributed by atoms with E-state index < -0.39 is 0 Å². The third-order valence-electron chi connectivity index (χ3n) is 3.13. The Hall–Kier alpha value is -2.07. The molecule has 0 atom stereocenters. The van der Waals surface area contributed by atoms with Gasteiger partial charge in [0.15, 0.2) is 0 Å². The Kier molecular flexibility index (Phi) is 4.58. The zero-order valence-corrected chi connectivity index (χ0v) is 11.5. The summed E-state index contributed by atoms with van der Waals surface area (Å²) in [6.45, 7) is 2.04. The number of ether oxygens (including phenoxy) is 2. The fourth-order valence-corrected chi connectivity index (χ4v) is 1.90. The minimum Gasteiger partial charge on any atom is -0.497 e. The van der Waals surface area contributed by atoms with Crippen LogP contribution in [0, 0.1) is 12.7 Å². The highest BCUT2D eigenvalue weighted by Crippen LogP contribution is 2.26. The number of halogens is 1. The molecule has 4 heteroatoms. The van der Waals surface area contributed by atoms with Crippen LogP contribution in [0.4, 0.5) is 4.39 Å². The highest BCUT2D eigenvalue weighted by molar-refractivity contribution is 5.40. The first-order valence-corrected chi connectivity index (χ1v) is 6.29. The molecule has 0 heterocycles. The number of aliphatic hydroxyl groups is 1. The lowest BCUT2D eigenvalue weighted by Gasteiger charge is -2.13. The van der Waals surface area contributed by atoms with Crippen molar-refractivity contribution in [2.45, 2.75) is 20.1 Å². The maximum Gasteiger partial charge on any atom is 0.129 e. The zero-order valence-electron chi connectivity index (χ0n) is 11.5. The van der Waals surface area contributed by atoms with Gasteiger partial charge in [-0.3, -0.25) is 0 Å². The molecule has 1 N–H and O–H groups in total. The Morgan fingerprint density at radius 3 is 2.50 bits per heavy atom. The topological polar surface area (TPSA) is 38.7 Å². The molecule has 0 saturated heterocycles. The third kappa shape index (κ3) is 3.27. The SMILES string of the molecule is COc1ccc(CO)c(OCc2ccc(F)cc2C)c1. The molecule has 0 fully saturated rings. The highest BCUT2D eigenvalue weighted by Gasteiger charge is 2.07. The monoisotopic (exact) mass is 276 g/mol. The Balaban J connectivity index is 2.17. The second-order valence-electron chi connectivity index (χ2n) is 4.49. The maximum absolute atomic E-state index is 13.0. The van der Waals surface area contributed by atoms with E-state index in [9.17, 15) is 9.50 Å². The highest BCUT2D eigenvalue weighted by atomic mass is 19.1. The summed E-state index contributed by atoms with van der Waals surface area (Å²) in [6, 6.07) is 9.82. The van der Waals surface area contributed by atoms with Crippen LogP contribution in [0.2, 0.25) is 0 Å². The Labute approximate surface area is 117 Å². The normalized spacial score (nSPS) is 10.4. The minimum absolute atomic E-state index is 0.109. The number of hydrogen-bond donors (Lipinski definition) is 1. The van der Waals surface area contributed by atoms with Crippen molar-refractivity contribution in [3.8, 4) is 11.5 Å². The van der Waals surface area contributed by atoms with Crippen molar-refractivity contribution >= 4 is 0 Å². The van der Waals surface area contributed by atoms with Gasteiger partial charge in [-0.15, -0.1) is 0 Å². The van der Waals surface area contributed by atoms with Gasteiger partial charge in [0.1, 0.15) is 23.9 Å². The average molecular weight is 276 g/mol. The Morgan fingerprint density at radius 1 is 1.10 bits per heavy atom. The molecule has 2 aromatic rings. The lowest BCUT2D eigenvalue weighted by molar-refractivity contribution is 0.257. The molecule has 2 rings (SSSR count). The van der Waals surface area contributed by atoms with Gasteiger partial charge in [-0.2, -0.15) is 0 Å². The summed E-state index contributed by atoms with van der Waals surface area (Å²) in [7, 11) is 1.57. The lowest BCUT2D eigenvalue weighted by atomic mass is 10.1. The molecule has 3 nitrogen and oxygen atoms in total. The largest absolute Gasteiger partial charge is 0.497 e. The van der Waals surface area contributed by atoms with Gasteiger partial charge in [0.25, 0.3) is 0 Å². The van der Waals surface area contributed by atoms with E-state index >= 15 is 0 Å². The van der Waals surface area contributed by atoms with Crippen molar-refractivity contribution in [3.63, 3.8) is 0 Å². The van der Waals surface area contributed by atoms with E-state index in [0.29, 0.717) is 23.7 Å². The molecule has 0 aliphatic heterocycles. The zero-order chi connectivity index (χ0) is 14.5. The van der Waals surface area contributed by atoms with Gasteiger partial charge in [-0.25, -0.2) is 4.39 Å². The van der Waals surface area contributed by atoms with Gasteiger partial charge in [-0.1, -0.05) is 6.07 Å². The molecule has 0 bridgehead atoms. The average Bonchev–Trinajstić information content (AvgIpc) is 2.46. The number of methoxy groups -OCH3 is 1. The molecule has 0 aromatic heterocycles. The van der Waals surface area contributed by atoms with Crippen molar-refractivity contribution in [2.24, 2.45) is 0 Å². The molecular formula is C16H17FO3. The van der Waals surface area contributed by atoms with Gasteiger partial charge in [0.2, 0.25) is 0 Å². The lowest BCUT2D eigenvalue weighted by Crippen LogP contribution is -2.01. The van der Waals surface area contributed by atoms with Crippen molar-refractivity contribution in [3.05, 3.63) is 58.9 Å². The van der Waals surface area contributed by atoms with Crippen molar-refractivity contribution in [1.82, 2.24) is 0 Å². The summed E-state index contributed by atoms with van der Waals surface area (Å²) in [5.74, 6) is 0.965. The summed E-state index contributed by atoms with van der Waals surface area (Å²) >= 11 is 0. The fraction of sp³-hybridized carbons (Fsp3) is 0.250. The summed E-state index contributed by atoms with van der Waals surface area (Å²) in [5.41, 5.74) is 2.42. The summed E-state index contributed by atoms with van der Waals surface area (Å²) < 4.78 is 23.9. The maximum atomic E-state index is 13.0. The first-order chi connectivity index (χ1) is 9.63. The van der Waals surface area contributed by atoms with Crippen LogP contribution in [0.25, 0.3) is 0 Å². The van der Waals surface area contributed by atoms with E-state index in [1.165, 1.54) is 12.1 Å². The van der Waals surface area contributed by atoms with Crippen LogP contribution in [0.1, 0.15) is 16.7 Å². The number of benzene rings is 2. The Bertz CT molecular complexity index is 596. The minimum atomic E-state index is -0.260. The first-order valence-electron chi connectivity index (χ1n) is 6.29. The van der Waals surface area contributed by atoms with Crippen molar-refractivity contribution in [2.75, 3.05) is 7.11 Å². The van der Waals surface area contributed by atoms with Crippen LogP contribution in [-0.2, 0) is 13.2 Å². The van der Waals surface area contributed by atoms with Crippen LogP contribution in [0.15, 0.2) is 36.4 Å². The third-order valence-corrected chi connectivity index (χ3v) is 3.13. The van der Waals surface area contributed by atoms with Crippen molar-refractivity contribution in [1.29, 1.82) is 0 Å². The molecule has 0 radical (unpaired) electrons. The standard InChI is InChI=1S/C16H17FO3/c1-11-7-14(17)5-3-13(11)10-20-16-8-15(19-2)6-4-12(16)9-18/h3-8,18H,9-10H2,1-2H3. The predicted molar refractivity (Wildman–Crippen MR) is 74.4 cm³/mol. The summed E-state index contributed by atoms with van der Waals surface area (Å²) in [6.07, 6.45) is 0. The van der Waals surface area contributed by atoms with E-state index in [1.54, 1.807) is 31.4 Å². The molecule has 0 aliphatic rings. The number of hydrogen-bond acceptors (Lipinski definition) is 3. The summed E-state index contributed by atoms with van der Waals surface area (Å²) in [5, 5.41) is 9.30. The van der Waals surface area contributed by atoms with Gasteiger partial charge < -0.3 is 14.6 Å². The van der Waals surface area contributed by atoms with E-state index in [1.807, 2.05) is 6.92 Å². The van der Waals surface area contributed by atoms with E-state index in [-0.39, 0.29) is 12.4 Å². The molecule has 20 heavy (non-hydrogen) atoms. The Morgan fingerprint density at radius 2 is 1.85 bits per heavy atom. The molecule has 0 saturated carbocycles. The van der Waals surface area contributed by atoms with Gasteiger partial charge in [0.05, 0.1) is 13.7 Å². The van der Waals surface area contributed by atoms with Crippen molar-refractivity contribution < 1.29 is 19.0 Å². The summed E-state index contributed by atoms with van der Waals surface area (Å²) in [4.78, 5) is 0. The molecular weight excluding hydrogens is 259 g/mol. The van der Waals surface area contributed by atoms with Crippen LogP contribution < -0.4 is 9.47 Å². The predicted octanol–water partition coefficient (Wildman–Crippen LogP) is 3.21. The van der Waals surface area contributed by atoms with Gasteiger partial charge in [-0.05, 0) is 42.3 Å². The molecule has 0 spiro atoms. The number of rotatable bonds is 5. The van der Waals surface area contributed by atoms with E-state index in [0.717, 1.165) is 11.1 Å². The van der Waals surface area contributed by atoms with Crippen LogP contribution in [0.3, 0.4) is 0 Å². The molecule has 106 valence electrons. The number of aliphatic hydroxyl groups excluding tert-OH is 1. The van der Waals surface area contributed by atoms with E-state index in [2.05, 4.69) is 0 Å².